The number of nitrogens with zero attached hydrogens (tertiary/aromatic N) is 3. The van der Waals surface area contributed by atoms with E-state index in [9.17, 15) is 33.5 Å². The molecule has 18 nitrogen and oxygen atoms in total. The molecule has 0 unspecified atom stereocenters. The van der Waals surface area contributed by atoms with E-state index in [2.05, 4.69) is 31.2 Å². The van der Waals surface area contributed by atoms with E-state index in [1.54, 1.807) is 29.5 Å². The summed E-state index contributed by atoms with van der Waals surface area (Å²) in [6.07, 6.45) is 4.34. The van der Waals surface area contributed by atoms with Gasteiger partial charge < -0.3 is 55.0 Å². The molecule has 1 saturated heterocycles. The zero-order valence-electron chi connectivity index (χ0n) is 46.1. The van der Waals surface area contributed by atoms with Crippen molar-refractivity contribution in [3.05, 3.63) is 120 Å². The van der Waals surface area contributed by atoms with E-state index in [-0.39, 0.29) is 55.8 Å². The molecule has 5 amide bonds. The van der Waals surface area contributed by atoms with E-state index < -0.39 is 58.4 Å². The molecule has 0 spiro atoms. The molecule has 2 aliphatic rings. The molecule has 3 atom stereocenters. The van der Waals surface area contributed by atoms with Gasteiger partial charge in [0.15, 0.2) is 23.1 Å². The lowest BCUT2D eigenvalue weighted by Gasteiger charge is -2.35. The van der Waals surface area contributed by atoms with Crippen molar-refractivity contribution in [2.45, 2.75) is 104 Å². The second-order valence-corrected chi connectivity index (χ2v) is 22.1. The first kappa shape index (κ1) is 59.5. The summed E-state index contributed by atoms with van der Waals surface area (Å²) in [5.41, 5.74) is 3.71. The number of unbranched alkanes of at least 4 members (excludes halogenated alkanes) is 2. The Morgan fingerprint density at radius 2 is 1.46 bits per heavy atom. The van der Waals surface area contributed by atoms with E-state index in [1.807, 2.05) is 57.5 Å². The Morgan fingerprint density at radius 3 is 2.10 bits per heavy atom. The van der Waals surface area contributed by atoms with E-state index in [1.165, 1.54) is 54.6 Å². The number of hydrogen-bond acceptors (Lipinski definition) is 14. The number of β-amino-alcohol motifs (C(OH)–C–C–N with tert-alkyl or cyclic N) is 1. The molecule has 1 saturated carbocycles. The average molecular weight is 1130 g/mol. The van der Waals surface area contributed by atoms with Crippen molar-refractivity contribution in [1.29, 1.82) is 0 Å². The van der Waals surface area contributed by atoms with Gasteiger partial charge in [-0.1, -0.05) is 45.0 Å². The van der Waals surface area contributed by atoms with Crippen LogP contribution in [0.2, 0.25) is 0 Å². The van der Waals surface area contributed by atoms with Crippen LogP contribution in [-0.4, -0.2) is 114 Å². The van der Waals surface area contributed by atoms with Crippen molar-refractivity contribution in [1.82, 2.24) is 25.5 Å². The lowest BCUT2D eigenvalue weighted by molar-refractivity contribution is -0.144. The van der Waals surface area contributed by atoms with Gasteiger partial charge in [0.1, 0.15) is 29.1 Å². The first-order valence-corrected chi connectivity index (χ1v) is 28.0. The van der Waals surface area contributed by atoms with E-state index in [0.717, 1.165) is 47.0 Å². The molecule has 81 heavy (non-hydrogen) atoms. The van der Waals surface area contributed by atoms with Gasteiger partial charge in [-0.25, -0.2) is 13.8 Å². The molecule has 2 aromatic heterocycles. The number of rotatable bonds is 27. The largest absolute Gasteiger partial charge is 0.493 e. The van der Waals surface area contributed by atoms with Gasteiger partial charge in [0.25, 0.3) is 0 Å². The van der Waals surface area contributed by atoms with Crippen LogP contribution in [0.25, 0.3) is 21.3 Å². The van der Waals surface area contributed by atoms with Crippen LogP contribution in [-0.2, 0) is 40.0 Å². The smallest absolute Gasteiger partial charge is 0.246 e. The predicted molar refractivity (Wildman–Crippen MR) is 302 cm³/mol. The Kier molecular flexibility index (Phi) is 20.0. The molecule has 4 aromatic carbocycles. The fourth-order valence-electron chi connectivity index (χ4n) is 9.27. The third-order valence-electron chi connectivity index (χ3n) is 14.1. The van der Waals surface area contributed by atoms with Crippen LogP contribution in [0.15, 0.2) is 96.6 Å². The number of aliphatic hydroxyl groups excluding tert-OH is 1. The second kappa shape index (κ2) is 27.2. The number of carbonyl (C=O) groups is 5. The number of aromatic nitrogens is 2. The fourth-order valence-corrected chi connectivity index (χ4v) is 10.1. The first-order valence-electron chi connectivity index (χ1n) is 27.1. The number of methoxy groups -OCH3 is 1. The number of nitrogens with one attached hydrogen (secondary N) is 4. The number of ether oxygens (including phenoxy) is 5. The minimum Gasteiger partial charge on any atom is -0.493 e. The number of aliphatic hydroxyl groups is 1. The van der Waals surface area contributed by atoms with E-state index in [4.69, 9.17) is 23.7 Å². The van der Waals surface area contributed by atoms with Crippen molar-refractivity contribution in [2.75, 3.05) is 57.3 Å². The van der Waals surface area contributed by atoms with Crippen LogP contribution in [0.1, 0.15) is 83.4 Å². The summed E-state index contributed by atoms with van der Waals surface area (Å²) < 4.78 is 58.0. The molecule has 0 bridgehead atoms. The van der Waals surface area contributed by atoms with Gasteiger partial charge in [0.05, 0.1) is 48.0 Å². The number of hydrogen-bond donors (Lipinski definition) is 5. The van der Waals surface area contributed by atoms with Gasteiger partial charge in [0, 0.05) is 80.8 Å². The number of thiazole rings is 1. The number of amides is 5. The molecule has 21 heteroatoms. The molecular weight excluding hydrogens is 1060 g/mol. The fraction of sp³-hybridized carbons (Fsp3) is 0.417. The van der Waals surface area contributed by atoms with Gasteiger partial charge in [-0.3, -0.25) is 29.0 Å². The highest BCUT2D eigenvalue weighted by atomic mass is 32.1. The summed E-state index contributed by atoms with van der Waals surface area (Å²) >= 11 is 1.57. The summed E-state index contributed by atoms with van der Waals surface area (Å²) in [5, 5.41) is 22.2. The van der Waals surface area contributed by atoms with Gasteiger partial charge in [-0.2, -0.15) is 0 Å². The van der Waals surface area contributed by atoms with Crippen LogP contribution in [0.3, 0.4) is 0 Å². The average Bonchev–Trinajstić information content (AvgIpc) is 4.13. The van der Waals surface area contributed by atoms with Gasteiger partial charge in [-0.05, 0) is 111 Å². The number of aryl methyl sites for hydroxylation is 1. The summed E-state index contributed by atoms with van der Waals surface area (Å²) in [6, 6.07) is 20.2. The maximum atomic E-state index is 15.5. The molecule has 1 aliphatic heterocycles. The van der Waals surface area contributed by atoms with E-state index in [0.29, 0.717) is 79.5 Å². The first-order chi connectivity index (χ1) is 38.9. The number of anilines is 2. The predicted octanol–water partition coefficient (Wildman–Crippen LogP) is 9.27. The summed E-state index contributed by atoms with van der Waals surface area (Å²) in [5.74, 6) is -2.38. The highest BCUT2D eigenvalue weighted by Gasteiger charge is 2.56. The number of pyridine rings is 1. The number of halogens is 2. The Morgan fingerprint density at radius 1 is 0.790 bits per heavy atom. The Labute approximate surface area is 473 Å². The van der Waals surface area contributed by atoms with Crippen LogP contribution >= 0.6 is 11.3 Å². The van der Waals surface area contributed by atoms with Crippen molar-refractivity contribution in [3.63, 3.8) is 0 Å². The van der Waals surface area contributed by atoms with Crippen LogP contribution in [0.4, 0.5) is 20.2 Å². The second-order valence-electron chi connectivity index (χ2n) is 21.3. The van der Waals surface area contributed by atoms with Crippen LogP contribution in [0, 0.1) is 29.4 Å². The highest BCUT2D eigenvalue weighted by Crippen LogP contribution is 2.48. The minimum absolute atomic E-state index is 0.0146. The highest BCUT2D eigenvalue weighted by molar-refractivity contribution is 7.13. The van der Waals surface area contributed by atoms with Gasteiger partial charge in [0.2, 0.25) is 29.5 Å². The number of fused-ring (bicyclic) bond motifs is 1. The summed E-state index contributed by atoms with van der Waals surface area (Å²) in [4.78, 5) is 78.0. The molecule has 1 aliphatic carbocycles. The molecule has 0 radical (unpaired) electrons. The summed E-state index contributed by atoms with van der Waals surface area (Å²) in [7, 11) is 1.51. The van der Waals surface area contributed by atoms with Gasteiger partial charge >= 0.3 is 0 Å². The van der Waals surface area contributed by atoms with Crippen LogP contribution < -0.4 is 35.5 Å². The van der Waals surface area contributed by atoms with Crippen molar-refractivity contribution in [2.24, 2.45) is 10.8 Å². The SMILES string of the molecule is COc1cc2c(Oc3ccc(NC(=O)C4(C(=O)Nc5ccc(F)cc5)CC4)cc3F)ccnc2cc1OCCCCOCCCCOCCC(=O)N[C@H](C(=O)N1C[C@H](O)C[C@H]1C(=O)NCc1ccc(-c2scnc2C)cc1)C(C)(C)C. The molecule has 6 aromatic rings. The Bertz CT molecular complexity index is 3170. The maximum absolute atomic E-state index is 15.5. The number of carbonyl (C=O) groups excluding carboxylic acids is 5. The molecule has 8 rings (SSSR count). The molecule has 2 fully saturated rings. The van der Waals surface area contributed by atoms with Gasteiger partial charge in [-0.15, -0.1) is 11.3 Å². The number of likely N-dealkylation sites (tertiary alicyclic amines) is 1. The lowest BCUT2D eigenvalue weighted by atomic mass is 9.85. The van der Waals surface area contributed by atoms with E-state index >= 15 is 4.39 Å². The summed E-state index contributed by atoms with van der Waals surface area (Å²) in [6.45, 7) is 9.76. The standard InChI is InChI=1S/C60H69F2N7O11S/c1-37-53(81-36-65-37)39-12-10-38(11-13-39)34-64-55(72)47-31-43(70)35-69(47)56(73)54(59(2,3)4)68-52(71)21-29-78-27-7-6-25-77-26-8-9-28-79-51-33-46-44(32-50(51)76-5)48(20-24-63-46)80-49-19-18-42(30-45(49)62)67-58(75)60(22-23-60)57(74)66-41-16-14-40(61)15-17-41/h10-20,24,30,32-33,36,43,47,54,70H,6-9,21-23,25-29,31,34-35H2,1-5H3,(H,64,72)(H,66,74)(H,67,75)(H,68,71)/t43-,47+,54-/m1/s1. The number of benzene rings is 4. The third kappa shape index (κ3) is 15.7. The zero-order chi connectivity index (χ0) is 57.7. The quantitative estimate of drug-likeness (QED) is 0.0240. The monoisotopic (exact) mass is 1130 g/mol. The molecule has 5 N–H and O–H groups in total. The minimum atomic E-state index is -1.32. The molecular formula is C60H69F2N7O11S. The normalized spacial score (nSPS) is 15.9. The third-order valence-corrected chi connectivity index (χ3v) is 15.0. The van der Waals surface area contributed by atoms with Crippen molar-refractivity contribution < 1.29 is 61.5 Å². The topological polar surface area (TPSA) is 229 Å². The van der Waals surface area contributed by atoms with Crippen molar-refractivity contribution >= 4 is 63.2 Å². The van der Waals surface area contributed by atoms with Crippen molar-refractivity contribution in [3.8, 4) is 33.4 Å². The lowest BCUT2D eigenvalue weighted by Crippen LogP contribution is -2.57. The molecule has 3 heterocycles. The Balaban J connectivity index is 0.696. The zero-order valence-corrected chi connectivity index (χ0v) is 46.9. The Hall–Kier alpha value is -7.59. The molecule has 430 valence electrons. The van der Waals surface area contributed by atoms with Crippen LogP contribution in [0.5, 0.6) is 23.0 Å². The maximum Gasteiger partial charge on any atom is 0.246 e.